The number of nitrogens with zero attached hydrogens (tertiary/aromatic N) is 3. The third kappa shape index (κ3) is 2.40. The Morgan fingerprint density at radius 2 is 1.94 bits per heavy atom. The van der Waals surface area contributed by atoms with E-state index in [-0.39, 0.29) is 11.8 Å². The Kier molecular flexibility index (Phi) is 3.41. The first-order valence-corrected chi connectivity index (χ1v) is 5.81. The molecular weight excluding hydrogens is 228 g/mol. The number of hydrogen-bond acceptors (Lipinski definition) is 3. The van der Waals surface area contributed by atoms with Crippen molar-refractivity contribution in [1.82, 2.24) is 14.8 Å². The Balaban J connectivity index is 2.11. The Hall–Kier alpha value is -2.17. The van der Waals surface area contributed by atoms with Gasteiger partial charge in [0.25, 0.3) is 0 Å². The van der Waals surface area contributed by atoms with Crippen molar-refractivity contribution in [2.45, 2.75) is 19.8 Å². The number of carbonyl (C=O) groups is 1. The van der Waals surface area contributed by atoms with Crippen LogP contribution in [-0.2, 0) is 11.8 Å². The molecule has 18 heavy (non-hydrogen) atoms. The van der Waals surface area contributed by atoms with Gasteiger partial charge < -0.3 is 4.57 Å². The van der Waals surface area contributed by atoms with Crippen molar-refractivity contribution in [3.05, 3.63) is 41.7 Å². The SMILES string of the molecule is Cc1nnc(NC(=O)[C@H](C)c2ccccc2)n1C. The summed E-state index contributed by atoms with van der Waals surface area (Å²) in [6.07, 6.45) is 0. The molecule has 0 bridgehead atoms. The number of hydrogen-bond donors (Lipinski definition) is 1. The van der Waals surface area contributed by atoms with Gasteiger partial charge >= 0.3 is 0 Å². The second-order valence-corrected chi connectivity index (χ2v) is 4.25. The number of aryl methyl sites for hydroxylation is 1. The first-order valence-electron chi connectivity index (χ1n) is 5.81. The molecule has 2 aromatic rings. The monoisotopic (exact) mass is 244 g/mol. The molecule has 0 radical (unpaired) electrons. The molecule has 0 aliphatic rings. The molecule has 1 amide bonds. The second-order valence-electron chi connectivity index (χ2n) is 4.25. The van der Waals surface area contributed by atoms with E-state index < -0.39 is 0 Å². The first kappa shape index (κ1) is 12.3. The number of amides is 1. The zero-order valence-corrected chi connectivity index (χ0v) is 10.7. The Morgan fingerprint density at radius 3 is 2.50 bits per heavy atom. The van der Waals surface area contributed by atoms with Crippen LogP contribution in [0.2, 0.25) is 0 Å². The maximum Gasteiger partial charge on any atom is 0.233 e. The molecule has 1 aromatic carbocycles. The molecule has 0 unspecified atom stereocenters. The number of nitrogens with one attached hydrogen (secondary N) is 1. The van der Waals surface area contributed by atoms with Crippen LogP contribution in [0.3, 0.4) is 0 Å². The maximum absolute atomic E-state index is 12.1. The second kappa shape index (κ2) is 5.00. The Morgan fingerprint density at radius 1 is 1.28 bits per heavy atom. The highest BCUT2D eigenvalue weighted by molar-refractivity contribution is 5.94. The van der Waals surface area contributed by atoms with Crippen molar-refractivity contribution in [2.24, 2.45) is 7.05 Å². The predicted molar refractivity (Wildman–Crippen MR) is 69.2 cm³/mol. The summed E-state index contributed by atoms with van der Waals surface area (Å²) in [4.78, 5) is 12.1. The van der Waals surface area contributed by atoms with Gasteiger partial charge in [-0.15, -0.1) is 10.2 Å². The number of rotatable bonds is 3. The summed E-state index contributed by atoms with van der Waals surface area (Å²) in [6.45, 7) is 3.71. The fourth-order valence-corrected chi connectivity index (χ4v) is 1.63. The average Bonchev–Trinajstić information content (AvgIpc) is 2.71. The van der Waals surface area contributed by atoms with Crippen LogP contribution in [0.15, 0.2) is 30.3 Å². The van der Waals surface area contributed by atoms with Gasteiger partial charge in [-0.3, -0.25) is 10.1 Å². The molecule has 0 fully saturated rings. The van der Waals surface area contributed by atoms with Gasteiger partial charge in [-0.2, -0.15) is 0 Å². The van der Waals surface area contributed by atoms with Gasteiger partial charge in [-0.1, -0.05) is 30.3 Å². The summed E-state index contributed by atoms with van der Waals surface area (Å²) in [5, 5.41) is 10.6. The van der Waals surface area contributed by atoms with Gasteiger partial charge in [0.2, 0.25) is 11.9 Å². The number of aromatic nitrogens is 3. The number of benzene rings is 1. The molecule has 1 aromatic heterocycles. The van der Waals surface area contributed by atoms with E-state index in [2.05, 4.69) is 15.5 Å². The summed E-state index contributed by atoms with van der Waals surface area (Å²) in [7, 11) is 1.82. The smallest absolute Gasteiger partial charge is 0.233 e. The molecule has 5 heteroatoms. The quantitative estimate of drug-likeness (QED) is 0.896. The molecule has 0 aliphatic carbocycles. The normalized spacial score (nSPS) is 12.2. The third-order valence-corrected chi connectivity index (χ3v) is 3.02. The Bertz CT molecular complexity index is 547. The standard InChI is InChI=1S/C13H16N4O/c1-9(11-7-5-4-6-8-11)12(18)14-13-16-15-10(2)17(13)3/h4-9H,1-3H3,(H,14,16,18)/t9-/m1/s1. The van der Waals surface area contributed by atoms with Crippen LogP contribution < -0.4 is 5.32 Å². The molecule has 0 saturated heterocycles. The van der Waals surface area contributed by atoms with Crippen LogP contribution in [0.1, 0.15) is 24.2 Å². The highest BCUT2D eigenvalue weighted by Crippen LogP contribution is 2.16. The minimum Gasteiger partial charge on any atom is -0.300 e. The molecule has 0 saturated carbocycles. The lowest BCUT2D eigenvalue weighted by atomic mass is 10.0. The van der Waals surface area contributed by atoms with E-state index in [1.807, 2.05) is 51.2 Å². The molecule has 1 atom stereocenters. The van der Waals surface area contributed by atoms with E-state index in [1.54, 1.807) is 4.57 Å². The van der Waals surface area contributed by atoms with Crippen LogP contribution >= 0.6 is 0 Å². The largest absolute Gasteiger partial charge is 0.300 e. The molecule has 1 heterocycles. The predicted octanol–water partition coefficient (Wildman–Crippen LogP) is 1.87. The molecule has 94 valence electrons. The molecule has 5 nitrogen and oxygen atoms in total. The molecule has 1 N–H and O–H groups in total. The molecule has 0 spiro atoms. The van der Waals surface area contributed by atoms with Gasteiger partial charge in [0.05, 0.1) is 5.92 Å². The van der Waals surface area contributed by atoms with Gasteiger partial charge in [0, 0.05) is 7.05 Å². The van der Waals surface area contributed by atoms with Crippen LogP contribution in [0, 0.1) is 6.92 Å². The zero-order chi connectivity index (χ0) is 13.1. The summed E-state index contributed by atoms with van der Waals surface area (Å²) < 4.78 is 1.75. The van der Waals surface area contributed by atoms with E-state index in [1.165, 1.54) is 0 Å². The van der Waals surface area contributed by atoms with E-state index in [4.69, 9.17) is 0 Å². The fraction of sp³-hybridized carbons (Fsp3) is 0.308. The van der Waals surface area contributed by atoms with Crippen LogP contribution in [-0.4, -0.2) is 20.7 Å². The van der Waals surface area contributed by atoms with Gasteiger partial charge in [-0.05, 0) is 19.4 Å². The van der Waals surface area contributed by atoms with E-state index in [0.29, 0.717) is 5.95 Å². The lowest BCUT2D eigenvalue weighted by Gasteiger charge is -2.11. The van der Waals surface area contributed by atoms with Crippen molar-refractivity contribution >= 4 is 11.9 Å². The average molecular weight is 244 g/mol. The van der Waals surface area contributed by atoms with Crippen LogP contribution in [0.5, 0.6) is 0 Å². The number of carbonyl (C=O) groups excluding carboxylic acids is 1. The molecular formula is C13H16N4O. The molecule has 2 rings (SSSR count). The van der Waals surface area contributed by atoms with Crippen LogP contribution in [0.25, 0.3) is 0 Å². The highest BCUT2D eigenvalue weighted by atomic mass is 16.2. The minimum atomic E-state index is -0.219. The van der Waals surface area contributed by atoms with Gasteiger partial charge in [0.15, 0.2) is 0 Å². The highest BCUT2D eigenvalue weighted by Gasteiger charge is 2.17. The van der Waals surface area contributed by atoms with E-state index in [9.17, 15) is 4.79 Å². The maximum atomic E-state index is 12.1. The van der Waals surface area contributed by atoms with Gasteiger partial charge in [-0.25, -0.2) is 0 Å². The van der Waals surface area contributed by atoms with Crippen molar-refractivity contribution in [3.63, 3.8) is 0 Å². The summed E-state index contributed by atoms with van der Waals surface area (Å²) in [6, 6.07) is 9.65. The van der Waals surface area contributed by atoms with E-state index >= 15 is 0 Å². The third-order valence-electron chi connectivity index (χ3n) is 3.02. The van der Waals surface area contributed by atoms with Crippen molar-refractivity contribution in [3.8, 4) is 0 Å². The summed E-state index contributed by atoms with van der Waals surface area (Å²) in [5.74, 6) is 0.929. The molecule has 0 aliphatic heterocycles. The van der Waals surface area contributed by atoms with Crippen molar-refractivity contribution in [2.75, 3.05) is 5.32 Å². The van der Waals surface area contributed by atoms with Crippen molar-refractivity contribution in [1.29, 1.82) is 0 Å². The summed E-state index contributed by atoms with van der Waals surface area (Å²) >= 11 is 0. The minimum absolute atomic E-state index is 0.0864. The Labute approximate surface area is 106 Å². The van der Waals surface area contributed by atoms with Crippen molar-refractivity contribution < 1.29 is 4.79 Å². The van der Waals surface area contributed by atoms with Gasteiger partial charge in [0.1, 0.15) is 5.82 Å². The van der Waals surface area contributed by atoms with Crippen LogP contribution in [0.4, 0.5) is 5.95 Å². The fourth-order valence-electron chi connectivity index (χ4n) is 1.63. The lowest BCUT2D eigenvalue weighted by Crippen LogP contribution is -2.21. The summed E-state index contributed by atoms with van der Waals surface area (Å²) in [5.41, 5.74) is 0.980. The first-order chi connectivity index (χ1) is 8.59. The lowest BCUT2D eigenvalue weighted by molar-refractivity contribution is -0.117. The topological polar surface area (TPSA) is 59.8 Å². The zero-order valence-electron chi connectivity index (χ0n) is 10.7. The number of anilines is 1. The van der Waals surface area contributed by atoms with E-state index in [0.717, 1.165) is 11.4 Å².